The number of hydrogen-bond donors (Lipinski definition) is 2. The number of hydrogen-bond acceptors (Lipinski definition) is 5. The molecule has 0 aliphatic carbocycles. The number of nitrogens with zero attached hydrogens (tertiary/aromatic N) is 4. The Morgan fingerprint density at radius 3 is 2.86 bits per heavy atom. The Labute approximate surface area is 121 Å². The molecule has 2 rings (SSSR count). The third-order valence-corrected chi connectivity index (χ3v) is 3.03. The normalized spacial score (nSPS) is 12.3. The fraction of sp³-hybridized carbons (Fsp3) is 0.462. The highest BCUT2D eigenvalue weighted by atomic mass is 16.4. The number of aryl methyl sites for hydroxylation is 1. The predicted octanol–water partition coefficient (Wildman–Crippen LogP) is 0.806. The average Bonchev–Trinajstić information content (AvgIpc) is 2.83. The van der Waals surface area contributed by atoms with E-state index in [1.54, 1.807) is 12.3 Å². The van der Waals surface area contributed by atoms with Crippen molar-refractivity contribution in [1.29, 1.82) is 0 Å². The van der Waals surface area contributed by atoms with Crippen LogP contribution < -0.4 is 5.32 Å². The van der Waals surface area contributed by atoms with E-state index in [4.69, 9.17) is 5.11 Å². The van der Waals surface area contributed by atoms with Crippen molar-refractivity contribution in [2.75, 3.05) is 0 Å². The summed E-state index contributed by atoms with van der Waals surface area (Å²) in [7, 11) is 0. The summed E-state index contributed by atoms with van der Waals surface area (Å²) >= 11 is 0. The van der Waals surface area contributed by atoms with Crippen molar-refractivity contribution in [3.05, 3.63) is 23.8 Å². The Balaban J connectivity index is 2.17. The Morgan fingerprint density at radius 1 is 1.48 bits per heavy atom. The van der Waals surface area contributed by atoms with E-state index in [1.165, 1.54) is 4.52 Å². The van der Waals surface area contributed by atoms with E-state index in [0.29, 0.717) is 12.2 Å². The van der Waals surface area contributed by atoms with Gasteiger partial charge < -0.3 is 10.4 Å². The Kier molecular flexibility index (Phi) is 4.46. The molecule has 1 amide bonds. The van der Waals surface area contributed by atoms with E-state index >= 15 is 0 Å². The summed E-state index contributed by atoms with van der Waals surface area (Å²) in [5, 5.41) is 15.6. The van der Waals surface area contributed by atoms with Crippen LogP contribution in [-0.4, -0.2) is 42.6 Å². The van der Waals surface area contributed by atoms with Crippen molar-refractivity contribution in [2.24, 2.45) is 0 Å². The molecule has 0 saturated heterocycles. The molecular formula is C13H17N5O3. The van der Waals surface area contributed by atoms with Gasteiger partial charge in [-0.3, -0.25) is 9.59 Å². The number of nitrogens with one attached hydrogen (secondary N) is 1. The zero-order valence-electron chi connectivity index (χ0n) is 11.9. The molecular weight excluding hydrogens is 274 g/mol. The summed E-state index contributed by atoms with van der Waals surface area (Å²) in [6.45, 7) is 3.76. The van der Waals surface area contributed by atoms with E-state index in [2.05, 4.69) is 20.4 Å². The molecule has 2 aromatic heterocycles. The first kappa shape index (κ1) is 14.9. The molecule has 0 spiro atoms. The van der Waals surface area contributed by atoms with Gasteiger partial charge in [0, 0.05) is 17.9 Å². The number of carboxylic acid groups (broad SMARTS) is 1. The van der Waals surface area contributed by atoms with E-state index in [0.717, 1.165) is 12.1 Å². The Hall–Kier alpha value is -2.51. The standard InChI is InChI=1S/C13H17N5O3/c1-3-4-9(7-10(19)20)15-12(21)11-16-13-14-6-5-8(2)18(13)17-11/h5-6,9H,3-4,7H2,1-2H3,(H,15,21)(H,19,20). The van der Waals surface area contributed by atoms with Crippen LogP contribution in [0.25, 0.3) is 5.78 Å². The first-order chi connectivity index (χ1) is 10.0. The minimum Gasteiger partial charge on any atom is -0.481 e. The topological polar surface area (TPSA) is 109 Å². The fourth-order valence-electron chi connectivity index (χ4n) is 2.04. The molecule has 0 bridgehead atoms. The number of carboxylic acids is 1. The molecule has 0 aromatic carbocycles. The molecule has 8 nitrogen and oxygen atoms in total. The van der Waals surface area contributed by atoms with Crippen LogP contribution in [0.4, 0.5) is 0 Å². The number of aromatic nitrogens is 4. The lowest BCUT2D eigenvalue weighted by Gasteiger charge is -2.14. The first-order valence-corrected chi connectivity index (χ1v) is 6.72. The number of rotatable bonds is 6. The van der Waals surface area contributed by atoms with Gasteiger partial charge in [0.05, 0.1) is 6.42 Å². The highest BCUT2D eigenvalue weighted by Gasteiger charge is 2.20. The molecule has 0 aliphatic rings. The number of carbonyl (C=O) groups is 2. The molecule has 2 N–H and O–H groups in total. The lowest BCUT2D eigenvalue weighted by Crippen LogP contribution is -2.37. The fourth-order valence-corrected chi connectivity index (χ4v) is 2.04. The van der Waals surface area contributed by atoms with Crippen molar-refractivity contribution < 1.29 is 14.7 Å². The monoisotopic (exact) mass is 291 g/mol. The summed E-state index contributed by atoms with van der Waals surface area (Å²) in [6.07, 6.45) is 2.83. The highest BCUT2D eigenvalue weighted by molar-refractivity contribution is 5.91. The molecule has 2 aromatic rings. The van der Waals surface area contributed by atoms with Crippen molar-refractivity contribution in [3.8, 4) is 0 Å². The summed E-state index contributed by atoms with van der Waals surface area (Å²) in [5.74, 6) is -1.11. The molecule has 0 aliphatic heterocycles. The maximum atomic E-state index is 12.1. The molecule has 1 atom stereocenters. The second-order valence-electron chi connectivity index (χ2n) is 4.79. The summed E-state index contributed by atoms with van der Waals surface area (Å²) in [5.41, 5.74) is 0.808. The maximum absolute atomic E-state index is 12.1. The lowest BCUT2D eigenvalue weighted by molar-refractivity contribution is -0.137. The van der Waals surface area contributed by atoms with Crippen molar-refractivity contribution >= 4 is 17.7 Å². The van der Waals surface area contributed by atoms with Gasteiger partial charge in [-0.25, -0.2) is 9.50 Å². The van der Waals surface area contributed by atoms with Gasteiger partial charge in [-0.05, 0) is 19.4 Å². The van der Waals surface area contributed by atoms with Gasteiger partial charge >= 0.3 is 5.97 Å². The third-order valence-electron chi connectivity index (χ3n) is 3.03. The minimum absolute atomic E-state index is 0.0108. The van der Waals surface area contributed by atoms with Gasteiger partial charge in [0.15, 0.2) is 0 Å². The third kappa shape index (κ3) is 3.53. The summed E-state index contributed by atoms with van der Waals surface area (Å²) in [6, 6.07) is 1.33. The van der Waals surface area contributed by atoms with Gasteiger partial charge in [-0.2, -0.15) is 4.98 Å². The molecule has 112 valence electrons. The van der Waals surface area contributed by atoms with E-state index in [9.17, 15) is 9.59 Å². The molecule has 0 saturated carbocycles. The molecule has 2 heterocycles. The van der Waals surface area contributed by atoms with Crippen molar-refractivity contribution in [3.63, 3.8) is 0 Å². The van der Waals surface area contributed by atoms with E-state index in [1.807, 2.05) is 13.8 Å². The molecule has 0 radical (unpaired) electrons. The van der Waals surface area contributed by atoms with Crippen LogP contribution in [0.5, 0.6) is 0 Å². The predicted molar refractivity (Wildman–Crippen MR) is 73.9 cm³/mol. The van der Waals surface area contributed by atoms with E-state index in [-0.39, 0.29) is 12.2 Å². The van der Waals surface area contributed by atoms with Crippen molar-refractivity contribution in [1.82, 2.24) is 24.9 Å². The molecule has 21 heavy (non-hydrogen) atoms. The molecule has 1 unspecified atom stereocenters. The number of carbonyl (C=O) groups excluding carboxylic acids is 1. The minimum atomic E-state index is -0.950. The summed E-state index contributed by atoms with van der Waals surface area (Å²) < 4.78 is 1.47. The Morgan fingerprint density at radius 2 is 2.24 bits per heavy atom. The van der Waals surface area contributed by atoms with Crippen LogP contribution in [0.1, 0.15) is 42.5 Å². The van der Waals surface area contributed by atoms with Crippen LogP contribution in [0.15, 0.2) is 12.3 Å². The second-order valence-corrected chi connectivity index (χ2v) is 4.79. The van der Waals surface area contributed by atoms with Crippen LogP contribution in [0.2, 0.25) is 0 Å². The number of aliphatic carboxylic acids is 1. The van der Waals surface area contributed by atoms with E-state index < -0.39 is 17.9 Å². The smallest absolute Gasteiger partial charge is 0.305 e. The first-order valence-electron chi connectivity index (χ1n) is 6.72. The van der Waals surface area contributed by atoms with Gasteiger partial charge in [-0.1, -0.05) is 13.3 Å². The quantitative estimate of drug-likeness (QED) is 0.815. The summed E-state index contributed by atoms with van der Waals surface area (Å²) in [4.78, 5) is 31.0. The Bertz CT molecular complexity index is 667. The lowest BCUT2D eigenvalue weighted by atomic mass is 10.1. The van der Waals surface area contributed by atoms with Gasteiger partial charge in [0.1, 0.15) is 0 Å². The molecule has 0 fully saturated rings. The van der Waals surface area contributed by atoms with Crippen LogP contribution >= 0.6 is 0 Å². The zero-order chi connectivity index (χ0) is 15.4. The number of fused-ring (bicyclic) bond motifs is 1. The van der Waals surface area contributed by atoms with Gasteiger partial charge in [-0.15, -0.1) is 5.10 Å². The molecule has 8 heteroatoms. The van der Waals surface area contributed by atoms with Gasteiger partial charge in [0.25, 0.3) is 11.7 Å². The van der Waals surface area contributed by atoms with Gasteiger partial charge in [0.2, 0.25) is 5.82 Å². The van der Waals surface area contributed by atoms with Crippen molar-refractivity contribution in [2.45, 2.75) is 39.2 Å². The largest absolute Gasteiger partial charge is 0.481 e. The maximum Gasteiger partial charge on any atom is 0.305 e. The van der Waals surface area contributed by atoms with Crippen LogP contribution in [-0.2, 0) is 4.79 Å². The average molecular weight is 291 g/mol. The zero-order valence-corrected chi connectivity index (χ0v) is 11.9. The highest BCUT2D eigenvalue weighted by Crippen LogP contribution is 2.05. The van der Waals surface area contributed by atoms with Crippen LogP contribution in [0.3, 0.4) is 0 Å². The van der Waals surface area contributed by atoms with Crippen LogP contribution in [0, 0.1) is 6.92 Å². The second kappa shape index (κ2) is 6.29. The SMILES string of the molecule is CCCC(CC(=O)O)NC(=O)c1nc2nccc(C)n2n1. The number of amides is 1.